The van der Waals surface area contributed by atoms with Gasteiger partial charge in [-0.25, -0.2) is 4.39 Å². The van der Waals surface area contributed by atoms with Crippen molar-refractivity contribution in [2.75, 3.05) is 5.32 Å². The number of halogens is 1. The summed E-state index contributed by atoms with van der Waals surface area (Å²) in [4.78, 5) is 23.7. The van der Waals surface area contributed by atoms with E-state index in [1.165, 1.54) is 31.2 Å². The lowest BCUT2D eigenvalue weighted by Gasteiger charge is -2.04. The number of nitrogens with zero attached hydrogens (tertiary/aromatic N) is 1. The number of hydrogen-bond acceptors (Lipinski definition) is 2. The fourth-order valence-corrected chi connectivity index (χ4v) is 2.60. The number of anilines is 1. The molecule has 0 bridgehead atoms. The lowest BCUT2D eigenvalue weighted by molar-refractivity contribution is -0.114. The molecule has 0 saturated heterocycles. The average molecular weight is 310 g/mol. The van der Waals surface area contributed by atoms with Crippen molar-refractivity contribution in [2.45, 2.75) is 6.92 Å². The smallest absolute Gasteiger partial charge is 0.221 e. The Morgan fingerprint density at radius 1 is 1.04 bits per heavy atom. The van der Waals surface area contributed by atoms with Crippen molar-refractivity contribution in [1.82, 2.24) is 4.57 Å². The van der Waals surface area contributed by atoms with Crippen molar-refractivity contribution in [2.24, 2.45) is 7.05 Å². The molecule has 0 fully saturated rings. The van der Waals surface area contributed by atoms with Gasteiger partial charge in [-0.15, -0.1) is 0 Å². The standard InChI is InChI=1S/C18H15FN2O2/c1-11(22)20-15-7-8-16-13(9-15)10-17(21(16)2)18(23)12-3-5-14(19)6-4-12/h3-10H,1-2H3,(H,20,22). The monoisotopic (exact) mass is 310 g/mol. The zero-order valence-electron chi connectivity index (χ0n) is 12.8. The first-order chi connectivity index (χ1) is 11.0. The Labute approximate surface area is 132 Å². The Kier molecular flexibility index (Phi) is 3.70. The quantitative estimate of drug-likeness (QED) is 0.753. The Balaban J connectivity index is 2.04. The molecule has 0 saturated carbocycles. The molecule has 4 nitrogen and oxygen atoms in total. The summed E-state index contributed by atoms with van der Waals surface area (Å²) in [5.41, 5.74) is 2.49. The molecule has 116 valence electrons. The Bertz CT molecular complexity index is 911. The first-order valence-electron chi connectivity index (χ1n) is 7.13. The molecule has 0 spiro atoms. The van der Waals surface area contributed by atoms with Crippen molar-refractivity contribution in [3.8, 4) is 0 Å². The van der Waals surface area contributed by atoms with Crippen molar-refractivity contribution in [1.29, 1.82) is 0 Å². The number of fused-ring (bicyclic) bond motifs is 1. The van der Waals surface area contributed by atoms with E-state index in [2.05, 4.69) is 5.32 Å². The van der Waals surface area contributed by atoms with E-state index in [1.54, 1.807) is 23.7 Å². The fourth-order valence-electron chi connectivity index (χ4n) is 2.60. The van der Waals surface area contributed by atoms with Crippen LogP contribution < -0.4 is 5.32 Å². The van der Waals surface area contributed by atoms with Crippen LogP contribution in [0.3, 0.4) is 0 Å². The van der Waals surface area contributed by atoms with Crippen molar-refractivity contribution >= 4 is 28.3 Å². The molecule has 2 aromatic carbocycles. The van der Waals surface area contributed by atoms with Crippen LogP contribution in [0.2, 0.25) is 0 Å². The molecule has 1 N–H and O–H groups in total. The predicted octanol–water partition coefficient (Wildman–Crippen LogP) is 3.51. The summed E-state index contributed by atoms with van der Waals surface area (Å²) in [6.07, 6.45) is 0. The number of aromatic nitrogens is 1. The van der Waals surface area contributed by atoms with Gasteiger partial charge in [0.2, 0.25) is 11.7 Å². The van der Waals surface area contributed by atoms with Crippen LogP contribution >= 0.6 is 0 Å². The zero-order valence-corrected chi connectivity index (χ0v) is 12.8. The van der Waals surface area contributed by atoms with E-state index in [0.717, 1.165) is 10.9 Å². The topological polar surface area (TPSA) is 51.1 Å². The molecule has 1 amide bonds. The van der Waals surface area contributed by atoms with Gasteiger partial charge < -0.3 is 9.88 Å². The first kappa shape index (κ1) is 15.0. The number of amides is 1. The number of carbonyl (C=O) groups is 2. The van der Waals surface area contributed by atoms with Gasteiger partial charge in [-0.1, -0.05) is 0 Å². The third kappa shape index (κ3) is 2.85. The fraction of sp³-hybridized carbons (Fsp3) is 0.111. The van der Waals surface area contributed by atoms with Crippen LogP contribution in [0.15, 0.2) is 48.5 Å². The molecule has 3 aromatic rings. The summed E-state index contributed by atoms with van der Waals surface area (Å²) in [6, 6.07) is 12.7. The highest BCUT2D eigenvalue weighted by Crippen LogP contribution is 2.24. The predicted molar refractivity (Wildman–Crippen MR) is 87.1 cm³/mol. The minimum atomic E-state index is -0.376. The summed E-state index contributed by atoms with van der Waals surface area (Å²) >= 11 is 0. The number of benzene rings is 2. The van der Waals surface area contributed by atoms with E-state index in [4.69, 9.17) is 0 Å². The molecule has 3 rings (SSSR count). The maximum Gasteiger partial charge on any atom is 0.221 e. The SMILES string of the molecule is CC(=O)Nc1ccc2c(c1)cc(C(=O)c1ccc(F)cc1)n2C. The van der Waals surface area contributed by atoms with Gasteiger partial charge in [0, 0.05) is 36.1 Å². The molecule has 1 heterocycles. The largest absolute Gasteiger partial charge is 0.341 e. The van der Waals surface area contributed by atoms with Crippen molar-refractivity contribution in [3.05, 3.63) is 65.6 Å². The average Bonchev–Trinajstić information content (AvgIpc) is 2.83. The molecular weight excluding hydrogens is 295 g/mol. The summed E-state index contributed by atoms with van der Waals surface area (Å²) in [5.74, 6) is -0.703. The number of hydrogen-bond donors (Lipinski definition) is 1. The second kappa shape index (κ2) is 5.68. The van der Waals surface area contributed by atoms with E-state index in [-0.39, 0.29) is 17.5 Å². The summed E-state index contributed by atoms with van der Waals surface area (Å²) in [7, 11) is 1.80. The van der Waals surface area contributed by atoms with E-state index in [0.29, 0.717) is 16.9 Å². The molecule has 0 radical (unpaired) electrons. The van der Waals surface area contributed by atoms with Crippen LogP contribution in [-0.4, -0.2) is 16.3 Å². The Morgan fingerprint density at radius 2 is 1.74 bits per heavy atom. The zero-order chi connectivity index (χ0) is 16.6. The van der Waals surface area contributed by atoms with Crippen LogP contribution in [0.25, 0.3) is 10.9 Å². The van der Waals surface area contributed by atoms with Gasteiger partial charge in [0.25, 0.3) is 0 Å². The molecule has 0 unspecified atom stereocenters. The van der Waals surface area contributed by atoms with Gasteiger partial charge in [0.15, 0.2) is 0 Å². The highest BCUT2D eigenvalue weighted by Gasteiger charge is 2.15. The van der Waals surface area contributed by atoms with Crippen LogP contribution in [0, 0.1) is 5.82 Å². The molecule has 23 heavy (non-hydrogen) atoms. The van der Waals surface area contributed by atoms with Gasteiger partial charge in [0.1, 0.15) is 5.82 Å². The minimum Gasteiger partial charge on any atom is -0.341 e. The summed E-state index contributed by atoms with van der Waals surface area (Å²) in [5, 5.41) is 3.57. The van der Waals surface area contributed by atoms with Gasteiger partial charge in [0.05, 0.1) is 5.69 Å². The van der Waals surface area contributed by atoms with E-state index < -0.39 is 0 Å². The van der Waals surface area contributed by atoms with E-state index in [1.807, 2.05) is 12.1 Å². The highest BCUT2D eigenvalue weighted by molar-refractivity contribution is 6.10. The Morgan fingerprint density at radius 3 is 2.39 bits per heavy atom. The number of carbonyl (C=O) groups excluding carboxylic acids is 2. The van der Waals surface area contributed by atoms with Crippen molar-refractivity contribution < 1.29 is 14.0 Å². The highest BCUT2D eigenvalue weighted by atomic mass is 19.1. The number of rotatable bonds is 3. The third-order valence-electron chi connectivity index (χ3n) is 3.70. The second-order valence-electron chi connectivity index (χ2n) is 5.38. The molecule has 0 atom stereocenters. The van der Waals surface area contributed by atoms with Crippen LogP contribution in [0.5, 0.6) is 0 Å². The maximum atomic E-state index is 13.0. The molecule has 5 heteroatoms. The first-order valence-corrected chi connectivity index (χ1v) is 7.13. The number of aryl methyl sites for hydroxylation is 1. The molecular formula is C18H15FN2O2. The molecule has 1 aromatic heterocycles. The van der Waals surface area contributed by atoms with Gasteiger partial charge >= 0.3 is 0 Å². The minimum absolute atomic E-state index is 0.150. The normalized spacial score (nSPS) is 10.7. The summed E-state index contributed by atoms with van der Waals surface area (Å²) < 4.78 is 14.8. The molecule has 0 aliphatic heterocycles. The van der Waals surface area contributed by atoms with Crippen LogP contribution in [0.4, 0.5) is 10.1 Å². The Hall–Kier alpha value is -2.95. The lowest BCUT2D eigenvalue weighted by atomic mass is 10.1. The lowest BCUT2D eigenvalue weighted by Crippen LogP contribution is -2.07. The van der Waals surface area contributed by atoms with Gasteiger partial charge in [-0.05, 0) is 48.5 Å². The molecule has 0 aliphatic rings. The van der Waals surface area contributed by atoms with Crippen LogP contribution in [0.1, 0.15) is 23.0 Å². The van der Waals surface area contributed by atoms with Crippen LogP contribution in [-0.2, 0) is 11.8 Å². The maximum absolute atomic E-state index is 13.0. The third-order valence-corrected chi connectivity index (χ3v) is 3.70. The number of ketones is 1. The van der Waals surface area contributed by atoms with E-state index in [9.17, 15) is 14.0 Å². The van der Waals surface area contributed by atoms with Gasteiger partial charge in [-0.3, -0.25) is 9.59 Å². The number of nitrogens with one attached hydrogen (secondary N) is 1. The van der Waals surface area contributed by atoms with Gasteiger partial charge in [-0.2, -0.15) is 0 Å². The van der Waals surface area contributed by atoms with Crippen molar-refractivity contribution in [3.63, 3.8) is 0 Å². The van der Waals surface area contributed by atoms with E-state index >= 15 is 0 Å². The molecule has 0 aliphatic carbocycles. The summed E-state index contributed by atoms with van der Waals surface area (Å²) in [6.45, 7) is 1.44. The second-order valence-corrected chi connectivity index (χ2v) is 5.38.